The molecule has 2 aromatic rings. The number of carbonyl (C=O) groups excluding carboxylic acids is 2. The molecule has 156 valence electrons. The predicted molar refractivity (Wildman–Crippen MR) is 103 cm³/mol. The van der Waals surface area contributed by atoms with Gasteiger partial charge in [-0.15, -0.1) is 0 Å². The van der Waals surface area contributed by atoms with Crippen LogP contribution in [0.1, 0.15) is 45.3 Å². The van der Waals surface area contributed by atoms with Crippen LogP contribution in [0.5, 0.6) is 5.75 Å². The lowest BCUT2D eigenvalue weighted by molar-refractivity contribution is 0.0659. The molecule has 1 aromatic heterocycles. The number of rotatable bonds is 3. The predicted octanol–water partition coefficient (Wildman–Crippen LogP) is 2.11. The number of aromatic hydroxyl groups is 1. The fraction of sp³-hybridized carbons (Fsp3) is 0.286. The first-order chi connectivity index (χ1) is 14.4. The van der Waals surface area contributed by atoms with Crippen LogP contribution < -0.4 is 10.7 Å². The van der Waals surface area contributed by atoms with Gasteiger partial charge in [0.05, 0.1) is 6.04 Å². The van der Waals surface area contributed by atoms with Crippen LogP contribution in [0.25, 0.3) is 0 Å². The highest BCUT2D eigenvalue weighted by atomic mass is 19.1. The lowest BCUT2D eigenvalue weighted by atomic mass is 10.0. The SMILES string of the molecule is O=C(NCc1ccc(F)cc1F)c1cn2c(c(O)c1=O)C(=O)N1CCC=CC[C@H]2C1. The van der Waals surface area contributed by atoms with Crippen molar-refractivity contribution in [2.45, 2.75) is 25.4 Å². The molecule has 0 radical (unpaired) electrons. The molecular formula is C21H19F2N3O4. The summed E-state index contributed by atoms with van der Waals surface area (Å²) in [5.41, 5.74) is -1.42. The number of nitrogens with one attached hydrogen (secondary N) is 1. The molecule has 0 aliphatic carbocycles. The van der Waals surface area contributed by atoms with E-state index < -0.39 is 34.6 Å². The number of hydrogen-bond acceptors (Lipinski definition) is 4. The molecule has 0 fully saturated rings. The summed E-state index contributed by atoms with van der Waals surface area (Å²) in [6.07, 6.45) is 6.45. The molecule has 0 unspecified atom stereocenters. The monoisotopic (exact) mass is 415 g/mol. The standard InChI is InChI=1S/C21H19F2N3O4/c22-13-6-5-12(16(23)8-13)9-24-20(29)15-11-26-14-4-2-1-3-7-25(10-14)21(30)17(26)19(28)18(15)27/h1-2,5-6,8,11,14,28H,3-4,7,9-10H2,(H,24,29)/t14-/m0/s1. The maximum absolute atomic E-state index is 13.8. The Kier molecular flexibility index (Phi) is 5.11. The van der Waals surface area contributed by atoms with Gasteiger partial charge in [0.15, 0.2) is 11.4 Å². The minimum atomic E-state index is -0.972. The molecule has 7 nitrogen and oxygen atoms in total. The minimum absolute atomic E-state index is 0.0445. The Morgan fingerprint density at radius 1 is 1.23 bits per heavy atom. The van der Waals surface area contributed by atoms with Crippen LogP contribution in [0.2, 0.25) is 0 Å². The highest BCUT2D eigenvalue weighted by Crippen LogP contribution is 2.29. The van der Waals surface area contributed by atoms with E-state index in [9.17, 15) is 28.3 Å². The molecule has 0 saturated heterocycles. The van der Waals surface area contributed by atoms with Crippen molar-refractivity contribution in [2.24, 2.45) is 0 Å². The van der Waals surface area contributed by atoms with E-state index in [0.29, 0.717) is 32.0 Å². The number of amides is 2. The van der Waals surface area contributed by atoms with Crippen LogP contribution in [-0.4, -0.2) is 39.5 Å². The summed E-state index contributed by atoms with van der Waals surface area (Å²) in [7, 11) is 0. The van der Waals surface area contributed by atoms with Gasteiger partial charge >= 0.3 is 0 Å². The molecule has 3 heterocycles. The number of benzene rings is 1. The molecule has 0 saturated carbocycles. The van der Waals surface area contributed by atoms with Crippen LogP contribution >= 0.6 is 0 Å². The third-order valence-corrected chi connectivity index (χ3v) is 5.36. The van der Waals surface area contributed by atoms with Crippen molar-refractivity contribution in [3.63, 3.8) is 0 Å². The van der Waals surface area contributed by atoms with Gasteiger partial charge in [-0.25, -0.2) is 8.78 Å². The third kappa shape index (κ3) is 3.47. The Balaban J connectivity index is 1.67. The molecule has 1 aromatic carbocycles. The molecule has 4 rings (SSSR count). The Morgan fingerprint density at radius 2 is 2.03 bits per heavy atom. The molecule has 2 N–H and O–H groups in total. The maximum Gasteiger partial charge on any atom is 0.274 e. The number of halogens is 2. The summed E-state index contributed by atoms with van der Waals surface area (Å²) in [5.74, 6) is -3.64. The summed E-state index contributed by atoms with van der Waals surface area (Å²) < 4.78 is 28.3. The molecule has 1 atom stereocenters. The van der Waals surface area contributed by atoms with E-state index in [1.54, 1.807) is 4.90 Å². The fourth-order valence-electron chi connectivity index (χ4n) is 3.77. The van der Waals surface area contributed by atoms with Gasteiger partial charge in [-0.1, -0.05) is 18.2 Å². The van der Waals surface area contributed by atoms with Gasteiger partial charge in [-0.05, 0) is 18.9 Å². The van der Waals surface area contributed by atoms with E-state index in [1.165, 1.54) is 16.8 Å². The Bertz CT molecular complexity index is 1130. The second kappa shape index (κ2) is 7.74. The summed E-state index contributed by atoms with van der Waals surface area (Å²) in [6.45, 7) is 0.608. The Labute approximate surface area is 170 Å². The van der Waals surface area contributed by atoms with Crippen molar-refractivity contribution in [1.29, 1.82) is 0 Å². The molecule has 0 spiro atoms. The van der Waals surface area contributed by atoms with Gasteiger partial charge in [-0.3, -0.25) is 14.4 Å². The first-order valence-corrected chi connectivity index (χ1v) is 9.51. The average molecular weight is 415 g/mol. The van der Waals surface area contributed by atoms with Gasteiger partial charge in [0, 0.05) is 37.5 Å². The summed E-state index contributed by atoms with van der Waals surface area (Å²) in [6, 6.07) is 2.71. The van der Waals surface area contributed by atoms with Crippen LogP contribution in [0.4, 0.5) is 8.78 Å². The fourth-order valence-corrected chi connectivity index (χ4v) is 3.77. The van der Waals surface area contributed by atoms with Gasteiger partial charge in [0.25, 0.3) is 11.8 Å². The van der Waals surface area contributed by atoms with Crippen molar-refractivity contribution in [1.82, 2.24) is 14.8 Å². The third-order valence-electron chi connectivity index (χ3n) is 5.36. The van der Waals surface area contributed by atoms with Gasteiger partial charge < -0.3 is 19.9 Å². The number of hydrogen-bond donors (Lipinski definition) is 2. The first-order valence-electron chi connectivity index (χ1n) is 9.51. The zero-order chi connectivity index (χ0) is 21.4. The van der Waals surface area contributed by atoms with Gasteiger partial charge in [0.1, 0.15) is 17.2 Å². The molecule has 9 heteroatoms. The van der Waals surface area contributed by atoms with Crippen LogP contribution in [0, 0.1) is 11.6 Å². The van der Waals surface area contributed by atoms with Crippen molar-refractivity contribution >= 4 is 11.8 Å². The van der Waals surface area contributed by atoms with E-state index >= 15 is 0 Å². The van der Waals surface area contributed by atoms with Crippen LogP contribution in [0.15, 0.2) is 41.3 Å². The first kappa shape index (κ1) is 19.8. The van der Waals surface area contributed by atoms with Gasteiger partial charge in [0.2, 0.25) is 5.43 Å². The summed E-state index contributed by atoms with van der Waals surface area (Å²) in [5, 5.41) is 12.8. The smallest absolute Gasteiger partial charge is 0.274 e. The number of fused-ring (bicyclic) bond motifs is 4. The number of aromatic nitrogens is 1. The molecule has 2 aliphatic rings. The normalized spacial score (nSPS) is 17.9. The molecule has 30 heavy (non-hydrogen) atoms. The van der Waals surface area contributed by atoms with Crippen LogP contribution in [0.3, 0.4) is 0 Å². The second-order valence-electron chi connectivity index (χ2n) is 7.30. The number of allylic oxidation sites excluding steroid dienone is 1. The lowest BCUT2D eigenvalue weighted by Crippen LogP contribution is -2.45. The van der Waals surface area contributed by atoms with Crippen molar-refractivity contribution in [3.05, 3.63) is 75.2 Å². The van der Waals surface area contributed by atoms with Crippen molar-refractivity contribution in [3.8, 4) is 5.75 Å². The van der Waals surface area contributed by atoms with E-state index in [-0.39, 0.29) is 29.4 Å². The quantitative estimate of drug-likeness (QED) is 0.752. The Hall–Kier alpha value is -3.49. The van der Waals surface area contributed by atoms with Crippen LogP contribution in [-0.2, 0) is 6.54 Å². The molecule has 2 bridgehead atoms. The topological polar surface area (TPSA) is 91.6 Å². The van der Waals surface area contributed by atoms with E-state index in [1.807, 2.05) is 12.2 Å². The number of pyridine rings is 1. The van der Waals surface area contributed by atoms with Gasteiger partial charge in [-0.2, -0.15) is 0 Å². The summed E-state index contributed by atoms with van der Waals surface area (Å²) in [4.78, 5) is 39.5. The number of nitrogens with zero attached hydrogens (tertiary/aromatic N) is 2. The maximum atomic E-state index is 13.8. The zero-order valence-electron chi connectivity index (χ0n) is 15.9. The minimum Gasteiger partial charge on any atom is -0.503 e. The van der Waals surface area contributed by atoms with Crippen molar-refractivity contribution in [2.75, 3.05) is 13.1 Å². The lowest BCUT2D eigenvalue weighted by Gasteiger charge is -2.37. The molecule has 2 amide bonds. The summed E-state index contributed by atoms with van der Waals surface area (Å²) >= 11 is 0. The van der Waals surface area contributed by atoms with E-state index in [0.717, 1.165) is 6.07 Å². The average Bonchev–Trinajstić information content (AvgIpc) is 2.68. The number of carbonyl (C=O) groups is 2. The van der Waals surface area contributed by atoms with E-state index in [4.69, 9.17) is 0 Å². The van der Waals surface area contributed by atoms with E-state index in [2.05, 4.69) is 5.32 Å². The highest BCUT2D eigenvalue weighted by molar-refractivity contribution is 5.99. The second-order valence-corrected chi connectivity index (χ2v) is 7.30. The largest absolute Gasteiger partial charge is 0.503 e. The zero-order valence-corrected chi connectivity index (χ0v) is 15.9. The van der Waals surface area contributed by atoms with Crippen molar-refractivity contribution < 1.29 is 23.5 Å². The molecule has 2 aliphatic heterocycles. The Morgan fingerprint density at radius 3 is 2.80 bits per heavy atom. The highest BCUT2D eigenvalue weighted by Gasteiger charge is 2.35. The molecular weight excluding hydrogens is 396 g/mol.